The lowest BCUT2D eigenvalue weighted by atomic mass is 10.0. The molecule has 0 unspecified atom stereocenters. The molecular formula is C50H100. The summed E-state index contributed by atoms with van der Waals surface area (Å²) < 4.78 is 0. The predicted octanol–water partition coefficient (Wildman–Crippen LogP) is 19.5. The summed E-state index contributed by atoms with van der Waals surface area (Å²) >= 11 is 0. The molecule has 0 spiro atoms. The van der Waals surface area contributed by atoms with Gasteiger partial charge in [-0.3, -0.25) is 0 Å². The fourth-order valence-electron chi connectivity index (χ4n) is 8.38. The summed E-state index contributed by atoms with van der Waals surface area (Å²) in [5.74, 6) is 0. The highest BCUT2D eigenvalue weighted by atomic mass is 14.1. The largest absolute Gasteiger partial charge is 0.0533 e. The van der Waals surface area contributed by atoms with Crippen LogP contribution in [0.15, 0.2) is 0 Å². The number of rotatable bonds is 0. The molecule has 5 rings (SSSR count). The van der Waals surface area contributed by atoms with Gasteiger partial charge in [0.15, 0.2) is 0 Å². The van der Waals surface area contributed by atoms with Crippen molar-refractivity contribution in [3.8, 4) is 0 Å². The topological polar surface area (TPSA) is 0 Å². The zero-order valence-corrected chi connectivity index (χ0v) is 35.4. The van der Waals surface area contributed by atoms with Crippen LogP contribution in [0, 0.1) is 0 Å². The van der Waals surface area contributed by atoms with Gasteiger partial charge in [0.25, 0.3) is 0 Å². The first-order chi connectivity index (χ1) is 25.0. The van der Waals surface area contributed by atoms with Gasteiger partial charge in [0.2, 0.25) is 0 Å². The molecule has 0 aromatic rings. The minimum atomic E-state index is 1.50. The summed E-state index contributed by atoms with van der Waals surface area (Å²) in [6.45, 7) is 0. The molecule has 0 heterocycles. The zero-order valence-electron chi connectivity index (χ0n) is 35.4. The smallest absolute Gasteiger partial charge is 0.0533 e. The van der Waals surface area contributed by atoms with Gasteiger partial charge in [0.1, 0.15) is 0 Å². The van der Waals surface area contributed by atoms with Crippen LogP contribution in [0.4, 0.5) is 0 Å². The third-order valence-electron chi connectivity index (χ3n) is 12.5. The molecule has 0 bridgehead atoms. The van der Waals surface area contributed by atoms with Crippen LogP contribution in [-0.4, -0.2) is 0 Å². The fraction of sp³-hybridized carbons (Fsp3) is 1.00. The normalized spacial score (nSPS) is 24.0. The van der Waals surface area contributed by atoms with Crippen LogP contribution in [0.5, 0.6) is 0 Å². The lowest BCUT2D eigenvalue weighted by molar-refractivity contribution is 0.504. The third kappa shape index (κ3) is 42.4. The van der Waals surface area contributed by atoms with Gasteiger partial charge in [-0.15, -0.1) is 0 Å². The first kappa shape index (κ1) is 48.0. The Morgan fingerprint density at radius 2 is 0.0600 bits per heavy atom. The summed E-state index contributed by atoms with van der Waals surface area (Å²) in [6.07, 6.45) is 75.0. The van der Waals surface area contributed by atoms with E-state index in [1.807, 2.05) is 0 Å². The van der Waals surface area contributed by atoms with E-state index < -0.39 is 0 Å². The van der Waals surface area contributed by atoms with Crippen molar-refractivity contribution in [1.29, 1.82) is 0 Å². The highest BCUT2D eigenvalue weighted by Gasteiger charge is 1.99. The highest BCUT2D eigenvalue weighted by Crippen LogP contribution is 2.19. The summed E-state index contributed by atoms with van der Waals surface area (Å²) in [6, 6.07) is 0. The van der Waals surface area contributed by atoms with Crippen LogP contribution < -0.4 is 0 Å². The maximum absolute atomic E-state index is 1.50. The van der Waals surface area contributed by atoms with E-state index in [1.54, 1.807) is 0 Å². The van der Waals surface area contributed by atoms with Crippen molar-refractivity contribution in [2.24, 2.45) is 0 Å². The molecule has 0 nitrogen and oxygen atoms in total. The van der Waals surface area contributed by atoms with Gasteiger partial charge in [0, 0.05) is 0 Å². The van der Waals surface area contributed by atoms with Gasteiger partial charge in [-0.25, -0.2) is 0 Å². The Morgan fingerprint density at radius 1 is 0.0400 bits per heavy atom. The minimum Gasteiger partial charge on any atom is -0.0533 e. The van der Waals surface area contributed by atoms with E-state index in [4.69, 9.17) is 0 Å². The predicted molar refractivity (Wildman–Crippen MR) is 231 cm³/mol. The second-order valence-corrected chi connectivity index (χ2v) is 17.7. The van der Waals surface area contributed by atoms with E-state index in [0.717, 1.165) is 0 Å². The molecule has 5 aliphatic rings. The Morgan fingerprint density at radius 3 is 0.0800 bits per heavy atom. The number of hydrogen-bond acceptors (Lipinski definition) is 0. The summed E-state index contributed by atoms with van der Waals surface area (Å²) in [7, 11) is 0. The van der Waals surface area contributed by atoms with Crippen molar-refractivity contribution in [3.05, 3.63) is 0 Å². The standard InChI is InChI=1S/C22H44.C12H24.2C6H12.C4H8/c1-2-4-6-8-10-12-14-16-18-20-22-21-19-17-15-13-11-9-7-5-3-1;1-2-4-6-8-10-12-11-9-7-5-3-1;2*1-2-4-6-5-3-1;1-2-4-3-1/h1-22H2;1-12H2;2*1-6H2;1-4H2. The monoisotopic (exact) mass is 701 g/mol. The SMILES string of the molecule is C1CCC1.C1CCCCC1.C1CCCCC1.C1CCCCCCCCCCC1.C1CCCCCCCCCCCCCCCCCCCCC1. The molecule has 5 fully saturated rings. The molecule has 0 atom stereocenters. The van der Waals surface area contributed by atoms with E-state index >= 15 is 0 Å². The second kappa shape index (κ2) is 45.2. The molecule has 0 aliphatic heterocycles. The molecule has 5 saturated carbocycles. The first-order valence-electron chi connectivity index (χ1n) is 25.0. The maximum Gasteiger partial charge on any atom is -0.0533 e. The van der Waals surface area contributed by atoms with Gasteiger partial charge in [0.05, 0.1) is 0 Å². The van der Waals surface area contributed by atoms with Crippen LogP contribution >= 0.6 is 0 Å². The second-order valence-electron chi connectivity index (χ2n) is 17.7. The van der Waals surface area contributed by atoms with E-state index in [-0.39, 0.29) is 0 Å². The molecule has 50 heavy (non-hydrogen) atoms. The Labute approximate surface area is 320 Å². The molecular weight excluding hydrogens is 601 g/mol. The van der Waals surface area contributed by atoms with Gasteiger partial charge in [-0.2, -0.15) is 0 Å². The van der Waals surface area contributed by atoms with Gasteiger partial charge < -0.3 is 0 Å². The first-order valence-corrected chi connectivity index (χ1v) is 25.0. The Kier molecular flexibility index (Phi) is 43.4. The van der Waals surface area contributed by atoms with Gasteiger partial charge in [-0.05, 0) is 0 Å². The van der Waals surface area contributed by atoms with Crippen molar-refractivity contribution < 1.29 is 0 Å². The average Bonchev–Trinajstić information content (AvgIpc) is 3.13. The summed E-state index contributed by atoms with van der Waals surface area (Å²) in [5.41, 5.74) is 0. The van der Waals surface area contributed by atoms with Crippen LogP contribution in [0.3, 0.4) is 0 Å². The molecule has 0 aromatic carbocycles. The molecule has 300 valence electrons. The van der Waals surface area contributed by atoms with Crippen molar-refractivity contribution in [2.75, 3.05) is 0 Å². The molecule has 0 heteroatoms. The van der Waals surface area contributed by atoms with Crippen LogP contribution in [0.2, 0.25) is 0 Å². The van der Waals surface area contributed by atoms with E-state index in [2.05, 4.69) is 0 Å². The van der Waals surface area contributed by atoms with Crippen LogP contribution in [0.1, 0.15) is 321 Å². The zero-order chi connectivity index (χ0) is 35.4. The van der Waals surface area contributed by atoms with Crippen LogP contribution in [-0.2, 0) is 0 Å². The highest BCUT2D eigenvalue weighted by molar-refractivity contribution is 4.55. The van der Waals surface area contributed by atoms with E-state index in [9.17, 15) is 0 Å². The minimum absolute atomic E-state index is 1.50. The molecule has 0 saturated heterocycles. The fourth-order valence-corrected chi connectivity index (χ4v) is 8.38. The van der Waals surface area contributed by atoms with Crippen molar-refractivity contribution >= 4 is 0 Å². The van der Waals surface area contributed by atoms with Crippen molar-refractivity contribution in [3.63, 3.8) is 0 Å². The lowest BCUT2D eigenvalue weighted by Crippen LogP contribution is -1.85. The maximum atomic E-state index is 1.50. The van der Waals surface area contributed by atoms with Crippen LogP contribution in [0.25, 0.3) is 0 Å². The van der Waals surface area contributed by atoms with Crippen molar-refractivity contribution in [1.82, 2.24) is 0 Å². The Balaban J connectivity index is 0.000000365. The van der Waals surface area contributed by atoms with Gasteiger partial charge in [-0.1, -0.05) is 321 Å². The summed E-state index contributed by atoms with van der Waals surface area (Å²) in [4.78, 5) is 0. The van der Waals surface area contributed by atoms with Gasteiger partial charge >= 0.3 is 0 Å². The van der Waals surface area contributed by atoms with Crippen molar-refractivity contribution in [2.45, 2.75) is 321 Å². The molecule has 0 radical (unpaired) electrons. The third-order valence-corrected chi connectivity index (χ3v) is 12.5. The average molecular weight is 701 g/mol. The molecule has 0 amide bonds. The molecule has 0 aromatic heterocycles. The Bertz CT molecular complexity index is 372. The lowest BCUT2D eigenvalue weighted by Gasteiger charge is -2.05. The molecule has 0 N–H and O–H groups in total. The Hall–Kier alpha value is 0. The molecule has 5 aliphatic carbocycles. The van der Waals surface area contributed by atoms with E-state index in [0.29, 0.717) is 0 Å². The summed E-state index contributed by atoms with van der Waals surface area (Å²) in [5, 5.41) is 0. The number of hydrogen-bond donors (Lipinski definition) is 0. The van der Waals surface area contributed by atoms with E-state index in [1.165, 1.54) is 321 Å². The quantitative estimate of drug-likeness (QED) is 0.236.